The lowest BCUT2D eigenvalue weighted by atomic mass is 10.0. The molecule has 0 saturated heterocycles. The summed E-state index contributed by atoms with van der Waals surface area (Å²) >= 11 is 0. The molecule has 1 rings (SSSR count). The lowest BCUT2D eigenvalue weighted by Crippen LogP contribution is -2.45. The average Bonchev–Trinajstić information content (AvgIpc) is 2.40. The van der Waals surface area contributed by atoms with Gasteiger partial charge in [0.15, 0.2) is 0 Å². The standard InChI is InChI=1S/C14H20N2O4/c1-9(8-15-2)13(18)16-12(14(19)20)7-10-3-5-11(17)6-4-10/h3-6,9,12,15,17H,7-8H2,1-2H3,(H,16,18)(H,19,20)/t9?,12-/m1/s1. The zero-order chi connectivity index (χ0) is 15.1. The first kappa shape index (κ1) is 16.0. The molecular formula is C14H20N2O4. The molecule has 0 heterocycles. The van der Waals surface area contributed by atoms with Crippen LogP contribution in [-0.4, -0.2) is 41.7 Å². The van der Waals surface area contributed by atoms with Crippen molar-refractivity contribution in [1.82, 2.24) is 10.6 Å². The van der Waals surface area contributed by atoms with Crippen LogP contribution in [0.25, 0.3) is 0 Å². The van der Waals surface area contributed by atoms with Crippen molar-refractivity contribution < 1.29 is 19.8 Å². The first-order valence-electron chi connectivity index (χ1n) is 6.39. The van der Waals surface area contributed by atoms with E-state index in [0.29, 0.717) is 6.54 Å². The smallest absolute Gasteiger partial charge is 0.326 e. The third-order valence-electron chi connectivity index (χ3n) is 2.95. The highest BCUT2D eigenvalue weighted by Gasteiger charge is 2.22. The molecule has 0 aliphatic heterocycles. The van der Waals surface area contributed by atoms with Crippen molar-refractivity contribution in [2.45, 2.75) is 19.4 Å². The summed E-state index contributed by atoms with van der Waals surface area (Å²) < 4.78 is 0. The number of rotatable bonds is 7. The maximum Gasteiger partial charge on any atom is 0.326 e. The zero-order valence-corrected chi connectivity index (χ0v) is 11.6. The molecule has 4 N–H and O–H groups in total. The lowest BCUT2D eigenvalue weighted by molar-refractivity contribution is -0.142. The molecule has 0 fully saturated rings. The number of carbonyl (C=O) groups excluding carboxylic acids is 1. The largest absolute Gasteiger partial charge is 0.508 e. The molecule has 0 aromatic heterocycles. The average molecular weight is 280 g/mol. The summed E-state index contributed by atoms with van der Waals surface area (Å²) in [7, 11) is 1.73. The topological polar surface area (TPSA) is 98.7 Å². The molecule has 0 radical (unpaired) electrons. The first-order valence-corrected chi connectivity index (χ1v) is 6.39. The van der Waals surface area contributed by atoms with Gasteiger partial charge in [-0.25, -0.2) is 4.79 Å². The van der Waals surface area contributed by atoms with Crippen molar-refractivity contribution >= 4 is 11.9 Å². The van der Waals surface area contributed by atoms with E-state index in [9.17, 15) is 14.7 Å². The van der Waals surface area contributed by atoms with Gasteiger partial charge in [-0.2, -0.15) is 0 Å². The Bertz CT molecular complexity index is 459. The van der Waals surface area contributed by atoms with Gasteiger partial charge in [0, 0.05) is 18.9 Å². The van der Waals surface area contributed by atoms with Crippen molar-refractivity contribution in [3.8, 4) is 5.75 Å². The van der Waals surface area contributed by atoms with Crippen LogP contribution in [0.15, 0.2) is 24.3 Å². The monoisotopic (exact) mass is 280 g/mol. The van der Waals surface area contributed by atoms with Gasteiger partial charge in [0.05, 0.1) is 0 Å². The quantitative estimate of drug-likeness (QED) is 0.578. The minimum absolute atomic E-state index is 0.118. The van der Waals surface area contributed by atoms with Crippen LogP contribution in [-0.2, 0) is 16.0 Å². The van der Waals surface area contributed by atoms with Gasteiger partial charge in [-0.15, -0.1) is 0 Å². The molecule has 20 heavy (non-hydrogen) atoms. The second kappa shape index (κ2) is 7.49. The zero-order valence-electron chi connectivity index (χ0n) is 11.6. The number of carbonyl (C=O) groups is 2. The number of benzene rings is 1. The number of carboxylic acids is 1. The number of phenols is 1. The second-order valence-corrected chi connectivity index (χ2v) is 4.73. The number of aromatic hydroxyl groups is 1. The number of nitrogens with one attached hydrogen (secondary N) is 2. The maximum absolute atomic E-state index is 11.8. The van der Waals surface area contributed by atoms with E-state index in [1.807, 2.05) is 0 Å². The molecule has 6 nitrogen and oxygen atoms in total. The van der Waals surface area contributed by atoms with Crippen LogP contribution in [0.5, 0.6) is 5.75 Å². The molecule has 110 valence electrons. The number of carboxylic acid groups (broad SMARTS) is 1. The molecule has 0 saturated carbocycles. The fourth-order valence-corrected chi connectivity index (χ4v) is 1.78. The second-order valence-electron chi connectivity index (χ2n) is 4.73. The summed E-state index contributed by atoms with van der Waals surface area (Å²) in [5.74, 6) is -1.57. The molecule has 2 atom stereocenters. The number of phenolic OH excluding ortho intramolecular Hbond substituents is 1. The van der Waals surface area contributed by atoms with E-state index in [1.54, 1.807) is 26.1 Å². The van der Waals surface area contributed by atoms with Crippen molar-refractivity contribution in [2.75, 3.05) is 13.6 Å². The molecule has 1 aromatic carbocycles. The molecule has 1 aromatic rings. The third kappa shape index (κ3) is 4.89. The number of amides is 1. The Morgan fingerprint density at radius 2 is 1.85 bits per heavy atom. The molecular weight excluding hydrogens is 260 g/mol. The van der Waals surface area contributed by atoms with E-state index in [2.05, 4.69) is 10.6 Å². The van der Waals surface area contributed by atoms with Gasteiger partial charge in [-0.05, 0) is 24.7 Å². The molecule has 6 heteroatoms. The van der Waals surface area contributed by atoms with Gasteiger partial charge in [-0.3, -0.25) is 4.79 Å². The van der Waals surface area contributed by atoms with Crippen LogP contribution in [0.2, 0.25) is 0 Å². The van der Waals surface area contributed by atoms with Crippen molar-refractivity contribution in [3.63, 3.8) is 0 Å². The Morgan fingerprint density at radius 3 is 2.35 bits per heavy atom. The summed E-state index contributed by atoms with van der Waals surface area (Å²) in [6, 6.07) is 5.26. The van der Waals surface area contributed by atoms with Crippen molar-refractivity contribution in [2.24, 2.45) is 5.92 Å². The fraction of sp³-hybridized carbons (Fsp3) is 0.429. The van der Waals surface area contributed by atoms with Gasteiger partial charge < -0.3 is 20.8 Å². The summed E-state index contributed by atoms with van der Waals surface area (Å²) in [6.45, 7) is 2.21. The van der Waals surface area contributed by atoms with Crippen molar-refractivity contribution in [1.29, 1.82) is 0 Å². The molecule has 0 spiro atoms. The summed E-state index contributed by atoms with van der Waals surface area (Å²) in [5, 5.41) is 23.7. The van der Waals surface area contributed by atoms with E-state index in [1.165, 1.54) is 12.1 Å². The third-order valence-corrected chi connectivity index (χ3v) is 2.95. The SMILES string of the molecule is CNCC(C)C(=O)N[C@H](Cc1ccc(O)cc1)C(=O)O. The van der Waals surface area contributed by atoms with E-state index in [0.717, 1.165) is 5.56 Å². The van der Waals surface area contributed by atoms with Gasteiger partial charge in [0.2, 0.25) is 5.91 Å². The van der Waals surface area contributed by atoms with Gasteiger partial charge in [0.25, 0.3) is 0 Å². The predicted octanol–water partition coefficient (Wildman–Crippen LogP) is 0.360. The van der Waals surface area contributed by atoms with E-state index < -0.39 is 12.0 Å². The molecule has 1 unspecified atom stereocenters. The highest BCUT2D eigenvalue weighted by molar-refractivity contribution is 5.85. The normalized spacial score (nSPS) is 13.5. The minimum Gasteiger partial charge on any atom is -0.508 e. The molecule has 1 amide bonds. The van der Waals surface area contributed by atoms with Crippen molar-refractivity contribution in [3.05, 3.63) is 29.8 Å². The molecule has 0 aliphatic carbocycles. The number of hydrogen-bond acceptors (Lipinski definition) is 4. The Labute approximate surface area is 117 Å². The van der Waals surface area contributed by atoms with Crippen LogP contribution in [0.3, 0.4) is 0 Å². The van der Waals surface area contributed by atoms with Gasteiger partial charge >= 0.3 is 5.97 Å². The Hall–Kier alpha value is -2.08. The van der Waals surface area contributed by atoms with Crippen LogP contribution in [0, 0.1) is 5.92 Å². The highest BCUT2D eigenvalue weighted by atomic mass is 16.4. The highest BCUT2D eigenvalue weighted by Crippen LogP contribution is 2.11. The first-order chi connectivity index (χ1) is 9.43. The van der Waals surface area contributed by atoms with E-state index >= 15 is 0 Å². The fourth-order valence-electron chi connectivity index (χ4n) is 1.78. The Morgan fingerprint density at radius 1 is 1.25 bits per heavy atom. The molecule has 0 aliphatic rings. The van der Waals surface area contributed by atoms with Gasteiger partial charge in [0.1, 0.15) is 11.8 Å². The van der Waals surface area contributed by atoms with Crippen LogP contribution >= 0.6 is 0 Å². The van der Waals surface area contributed by atoms with E-state index in [4.69, 9.17) is 5.11 Å². The Kier molecular flexibility index (Phi) is 5.99. The van der Waals surface area contributed by atoms with Crippen LogP contribution < -0.4 is 10.6 Å². The number of hydrogen-bond donors (Lipinski definition) is 4. The predicted molar refractivity (Wildman–Crippen MR) is 74.5 cm³/mol. The molecule has 0 bridgehead atoms. The van der Waals surface area contributed by atoms with Crippen LogP contribution in [0.4, 0.5) is 0 Å². The number of aliphatic carboxylic acids is 1. The van der Waals surface area contributed by atoms with E-state index in [-0.39, 0.29) is 24.0 Å². The summed E-state index contributed by atoms with van der Waals surface area (Å²) in [5.41, 5.74) is 0.733. The lowest BCUT2D eigenvalue weighted by Gasteiger charge is -2.17. The Balaban J connectivity index is 2.67. The maximum atomic E-state index is 11.8. The summed E-state index contributed by atoms with van der Waals surface area (Å²) in [4.78, 5) is 23.0. The van der Waals surface area contributed by atoms with Crippen LogP contribution in [0.1, 0.15) is 12.5 Å². The summed E-state index contributed by atoms with van der Waals surface area (Å²) in [6.07, 6.45) is 0.174. The minimum atomic E-state index is -1.08. The van der Waals surface area contributed by atoms with Gasteiger partial charge in [-0.1, -0.05) is 19.1 Å².